The van der Waals surface area contributed by atoms with Crippen molar-refractivity contribution in [3.8, 4) is 5.75 Å². The van der Waals surface area contributed by atoms with E-state index in [1.807, 2.05) is 13.0 Å². The summed E-state index contributed by atoms with van der Waals surface area (Å²) in [4.78, 5) is 17.6. The van der Waals surface area contributed by atoms with Crippen LogP contribution in [0.25, 0.3) is 0 Å². The fourth-order valence-corrected chi connectivity index (χ4v) is 3.24. The molecule has 0 bridgehead atoms. The average Bonchev–Trinajstić information content (AvgIpc) is 2.73. The molecule has 2 heterocycles. The number of aryl methyl sites for hydroxylation is 1. The molecule has 1 aliphatic rings. The van der Waals surface area contributed by atoms with E-state index in [1.165, 1.54) is 7.11 Å². The van der Waals surface area contributed by atoms with Gasteiger partial charge >= 0.3 is 0 Å². The first-order chi connectivity index (χ1) is 13.6. The highest BCUT2D eigenvalue weighted by atomic mass is 79.9. The van der Waals surface area contributed by atoms with Gasteiger partial charge in [0.25, 0.3) is 0 Å². The lowest BCUT2D eigenvalue weighted by atomic mass is 10.1. The van der Waals surface area contributed by atoms with Crippen LogP contribution in [-0.4, -0.2) is 37.6 Å². The molecule has 0 aliphatic carbocycles. The summed E-state index contributed by atoms with van der Waals surface area (Å²) in [6.07, 6.45) is 2.81. The Balaban J connectivity index is 1.82. The zero-order valence-electron chi connectivity index (χ0n) is 16.1. The van der Waals surface area contributed by atoms with Gasteiger partial charge < -0.3 is 18.9 Å². The number of carbonyl (C=O) groups excluding carboxylic acids is 1. The van der Waals surface area contributed by atoms with Crippen molar-refractivity contribution in [1.82, 2.24) is 4.98 Å². The average molecular weight is 450 g/mol. The number of hydrogen-bond acceptors (Lipinski definition) is 6. The monoisotopic (exact) mass is 449 g/mol. The van der Waals surface area contributed by atoms with Crippen molar-refractivity contribution < 1.29 is 23.7 Å². The molecule has 0 spiro atoms. The molecule has 6 nitrogen and oxygen atoms in total. The van der Waals surface area contributed by atoms with Crippen molar-refractivity contribution in [3.05, 3.63) is 57.3 Å². The Morgan fingerprint density at radius 1 is 1.29 bits per heavy atom. The summed E-state index contributed by atoms with van der Waals surface area (Å²) in [5.41, 5.74) is 2.46. The van der Waals surface area contributed by atoms with Crippen LogP contribution >= 0.6 is 15.9 Å². The van der Waals surface area contributed by atoms with Crippen LogP contribution in [0.2, 0.25) is 0 Å². The van der Waals surface area contributed by atoms with Crippen molar-refractivity contribution in [2.24, 2.45) is 0 Å². The highest BCUT2D eigenvalue weighted by Crippen LogP contribution is 2.25. The molecule has 0 saturated carbocycles. The van der Waals surface area contributed by atoms with Gasteiger partial charge in [0.1, 0.15) is 0 Å². The molecule has 0 amide bonds. The van der Waals surface area contributed by atoms with Gasteiger partial charge in [-0.05, 0) is 49.9 Å². The summed E-state index contributed by atoms with van der Waals surface area (Å²) in [7, 11) is 1.53. The smallest absolute Gasteiger partial charge is 0.215 e. The molecule has 28 heavy (non-hydrogen) atoms. The Morgan fingerprint density at radius 3 is 2.86 bits per heavy atom. The molecule has 1 aromatic heterocycles. The zero-order chi connectivity index (χ0) is 19.9. The third-order valence-electron chi connectivity index (χ3n) is 4.45. The van der Waals surface area contributed by atoms with E-state index in [4.69, 9.17) is 18.9 Å². The molecule has 1 saturated heterocycles. The zero-order valence-corrected chi connectivity index (χ0v) is 17.7. The minimum absolute atomic E-state index is 0.0330. The summed E-state index contributed by atoms with van der Waals surface area (Å²) < 4.78 is 22.8. The summed E-state index contributed by atoms with van der Waals surface area (Å²) in [5, 5.41) is 0. The lowest BCUT2D eigenvalue weighted by Gasteiger charge is -2.22. The van der Waals surface area contributed by atoms with Crippen molar-refractivity contribution in [1.29, 1.82) is 0 Å². The van der Waals surface area contributed by atoms with E-state index in [0.29, 0.717) is 23.6 Å². The number of methoxy groups -OCH3 is 1. The molecular formula is C21H24BrNO5. The van der Waals surface area contributed by atoms with Gasteiger partial charge in [-0.2, -0.15) is 0 Å². The van der Waals surface area contributed by atoms with Gasteiger partial charge in [0.15, 0.2) is 24.5 Å². The van der Waals surface area contributed by atoms with Crippen molar-refractivity contribution >= 4 is 21.7 Å². The fourth-order valence-electron chi connectivity index (χ4n) is 2.86. The van der Waals surface area contributed by atoms with Crippen LogP contribution in [0.1, 0.15) is 46.6 Å². The quantitative estimate of drug-likeness (QED) is 0.439. The standard InChI is InChI=1S/C21H24BrNO5/c1-14-6-7-15(11-17(14)22)21(24)20-18(28-13-25-2)9-8-16(23-20)12-27-19-5-3-4-10-26-19/h6-9,11,19H,3-5,10,12-13H2,1-2H3. The molecule has 1 unspecified atom stereocenters. The number of carbonyl (C=O) groups is 1. The van der Waals surface area contributed by atoms with Gasteiger partial charge in [-0.25, -0.2) is 4.98 Å². The predicted molar refractivity (Wildman–Crippen MR) is 107 cm³/mol. The highest BCUT2D eigenvalue weighted by molar-refractivity contribution is 9.10. The Labute approximate surface area is 173 Å². The molecule has 7 heteroatoms. The van der Waals surface area contributed by atoms with Crippen molar-refractivity contribution in [3.63, 3.8) is 0 Å². The van der Waals surface area contributed by atoms with Crippen LogP contribution in [-0.2, 0) is 20.8 Å². The SMILES string of the molecule is COCOc1ccc(COC2CCCCO2)nc1C(=O)c1ccc(C)c(Br)c1. The molecule has 1 aliphatic heterocycles. The van der Waals surface area contributed by atoms with Gasteiger partial charge in [0.05, 0.1) is 12.3 Å². The Morgan fingerprint density at radius 2 is 2.14 bits per heavy atom. The third kappa shape index (κ3) is 5.38. The second kappa shape index (κ2) is 10.1. The van der Waals surface area contributed by atoms with E-state index < -0.39 is 0 Å². The summed E-state index contributed by atoms with van der Waals surface area (Å²) in [6.45, 7) is 2.99. The van der Waals surface area contributed by atoms with E-state index in [1.54, 1.807) is 24.3 Å². The van der Waals surface area contributed by atoms with Crippen LogP contribution in [0.5, 0.6) is 5.75 Å². The normalized spacial score (nSPS) is 16.8. The maximum atomic E-state index is 13.1. The third-order valence-corrected chi connectivity index (χ3v) is 5.31. The number of halogens is 1. The topological polar surface area (TPSA) is 66.9 Å². The van der Waals surface area contributed by atoms with E-state index in [9.17, 15) is 4.79 Å². The first kappa shape index (κ1) is 20.9. The van der Waals surface area contributed by atoms with Gasteiger partial charge in [-0.15, -0.1) is 0 Å². The molecule has 2 aromatic rings. The van der Waals surface area contributed by atoms with Crippen molar-refractivity contribution in [2.45, 2.75) is 39.1 Å². The maximum Gasteiger partial charge on any atom is 0.215 e. The molecule has 0 N–H and O–H groups in total. The Kier molecular flexibility index (Phi) is 7.56. The van der Waals surface area contributed by atoms with Crippen LogP contribution in [0.4, 0.5) is 0 Å². The summed E-state index contributed by atoms with van der Waals surface area (Å²) in [5.74, 6) is 0.156. The van der Waals surface area contributed by atoms with E-state index in [2.05, 4.69) is 20.9 Å². The molecular weight excluding hydrogens is 426 g/mol. The molecule has 1 atom stereocenters. The number of ether oxygens (including phenoxy) is 4. The van der Waals surface area contributed by atoms with Gasteiger partial charge in [-0.3, -0.25) is 4.79 Å². The number of hydrogen-bond donors (Lipinski definition) is 0. The van der Waals surface area contributed by atoms with Gasteiger partial charge in [0.2, 0.25) is 5.78 Å². The van der Waals surface area contributed by atoms with Crippen LogP contribution in [0, 0.1) is 6.92 Å². The molecule has 1 fully saturated rings. The second-order valence-corrected chi connectivity index (χ2v) is 7.45. The van der Waals surface area contributed by atoms with E-state index >= 15 is 0 Å². The number of aromatic nitrogens is 1. The second-order valence-electron chi connectivity index (χ2n) is 6.60. The van der Waals surface area contributed by atoms with Crippen LogP contribution in [0.15, 0.2) is 34.8 Å². The number of rotatable bonds is 8. The van der Waals surface area contributed by atoms with Gasteiger partial charge in [0, 0.05) is 23.8 Å². The van der Waals surface area contributed by atoms with Gasteiger partial charge in [-0.1, -0.05) is 28.1 Å². The minimum atomic E-state index is -0.220. The fraction of sp³-hybridized carbons (Fsp3) is 0.429. The summed E-state index contributed by atoms with van der Waals surface area (Å²) in [6, 6.07) is 8.97. The molecule has 1 aromatic carbocycles. The Bertz CT molecular complexity index is 820. The molecule has 3 rings (SSSR count). The lowest BCUT2D eigenvalue weighted by Crippen LogP contribution is -2.22. The first-order valence-electron chi connectivity index (χ1n) is 9.24. The van der Waals surface area contributed by atoms with Crippen molar-refractivity contribution in [2.75, 3.05) is 20.5 Å². The van der Waals surface area contributed by atoms with E-state index in [0.717, 1.165) is 29.3 Å². The lowest BCUT2D eigenvalue weighted by molar-refractivity contribution is -0.169. The minimum Gasteiger partial charge on any atom is -0.465 e. The Hall–Kier alpha value is -1.80. The summed E-state index contributed by atoms with van der Waals surface area (Å²) >= 11 is 3.47. The maximum absolute atomic E-state index is 13.1. The molecule has 0 radical (unpaired) electrons. The number of nitrogens with zero attached hydrogens (tertiary/aromatic N) is 1. The largest absolute Gasteiger partial charge is 0.465 e. The first-order valence-corrected chi connectivity index (χ1v) is 10.0. The predicted octanol–water partition coefficient (Wildman–Crippen LogP) is 4.41. The number of ketones is 1. The highest BCUT2D eigenvalue weighted by Gasteiger charge is 2.20. The van der Waals surface area contributed by atoms with Crippen LogP contribution < -0.4 is 4.74 Å². The molecule has 150 valence electrons. The number of pyridine rings is 1. The number of benzene rings is 1. The van der Waals surface area contributed by atoms with Crippen LogP contribution in [0.3, 0.4) is 0 Å². The van der Waals surface area contributed by atoms with E-state index in [-0.39, 0.29) is 31.2 Å².